The molecule has 2 fully saturated rings. The van der Waals surface area contributed by atoms with Gasteiger partial charge in [0.25, 0.3) is 0 Å². The first kappa shape index (κ1) is 9.04. The van der Waals surface area contributed by atoms with E-state index in [0.29, 0.717) is 11.5 Å². The summed E-state index contributed by atoms with van der Waals surface area (Å²) >= 11 is 0. The molecule has 2 aliphatic carbocycles. The van der Waals surface area contributed by atoms with Gasteiger partial charge in [-0.2, -0.15) is 0 Å². The maximum atomic E-state index is 5.49. The molecule has 0 unspecified atom stereocenters. The SMILES string of the molecule is CC1(C)CC(=NOC2CCCC2)C1. The molecule has 0 saturated heterocycles. The molecule has 2 saturated carbocycles. The third-order valence-electron chi connectivity index (χ3n) is 3.00. The van der Waals surface area contributed by atoms with Crippen molar-refractivity contribution >= 4 is 5.71 Å². The molecular formula is C11H19NO. The van der Waals surface area contributed by atoms with Gasteiger partial charge in [-0.1, -0.05) is 19.0 Å². The van der Waals surface area contributed by atoms with Crippen LogP contribution in [0.3, 0.4) is 0 Å². The maximum absolute atomic E-state index is 5.49. The lowest BCUT2D eigenvalue weighted by molar-refractivity contribution is 0.0601. The Morgan fingerprint density at radius 1 is 1.23 bits per heavy atom. The normalized spacial score (nSPS) is 27.1. The van der Waals surface area contributed by atoms with Crippen molar-refractivity contribution in [3.63, 3.8) is 0 Å². The van der Waals surface area contributed by atoms with E-state index in [1.165, 1.54) is 31.4 Å². The Labute approximate surface area is 80.3 Å². The molecule has 74 valence electrons. The summed E-state index contributed by atoms with van der Waals surface area (Å²) in [7, 11) is 0. The minimum atomic E-state index is 0.427. The van der Waals surface area contributed by atoms with E-state index in [0.717, 1.165) is 12.8 Å². The average Bonchev–Trinajstić information content (AvgIpc) is 2.48. The molecule has 0 atom stereocenters. The minimum absolute atomic E-state index is 0.427. The van der Waals surface area contributed by atoms with Crippen molar-refractivity contribution in [1.82, 2.24) is 0 Å². The topological polar surface area (TPSA) is 21.6 Å². The van der Waals surface area contributed by atoms with E-state index in [2.05, 4.69) is 19.0 Å². The van der Waals surface area contributed by atoms with Crippen LogP contribution >= 0.6 is 0 Å². The predicted molar refractivity (Wildman–Crippen MR) is 53.8 cm³/mol. The first-order valence-corrected chi connectivity index (χ1v) is 5.37. The quantitative estimate of drug-likeness (QED) is 0.600. The van der Waals surface area contributed by atoms with Crippen molar-refractivity contribution < 1.29 is 4.84 Å². The zero-order valence-corrected chi connectivity index (χ0v) is 8.68. The van der Waals surface area contributed by atoms with Crippen LogP contribution < -0.4 is 0 Å². The average molecular weight is 181 g/mol. The second kappa shape index (κ2) is 3.32. The zero-order chi connectivity index (χ0) is 9.31. The smallest absolute Gasteiger partial charge is 0.127 e. The highest BCUT2D eigenvalue weighted by Gasteiger charge is 2.33. The summed E-state index contributed by atoms with van der Waals surface area (Å²) in [6.45, 7) is 4.56. The Hall–Kier alpha value is -0.530. The molecule has 0 bridgehead atoms. The summed E-state index contributed by atoms with van der Waals surface area (Å²) < 4.78 is 0. The molecule has 0 amide bonds. The lowest BCUT2D eigenvalue weighted by atomic mass is 9.71. The van der Waals surface area contributed by atoms with Gasteiger partial charge in [0.05, 0.1) is 5.71 Å². The Bertz CT molecular complexity index is 204. The van der Waals surface area contributed by atoms with E-state index in [-0.39, 0.29) is 0 Å². The van der Waals surface area contributed by atoms with Crippen LogP contribution in [0.1, 0.15) is 52.4 Å². The largest absolute Gasteiger partial charge is 0.393 e. The van der Waals surface area contributed by atoms with Crippen LogP contribution in [0, 0.1) is 5.41 Å². The third-order valence-corrected chi connectivity index (χ3v) is 3.00. The standard InChI is InChI=1S/C11H19NO/c1-11(2)7-9(8-11)12-13-10-5-3-4-6-10/h10H,3-8H2,1-2H3. The fourth-order valence-electron chi connectivity index (χ4n) is 2.26. The van der Waals surface area contributed by atoms with Crippen LogP contribution in [-0.4, -0.2) is 11.8 Å². The molecule has 0 aliphatic heterocycles. The van der Waals surface area contributed by atoms with Gasteiger partial charge in [-0.15, -0.1) is 0 Å². The van der Waals surface area contributed by atoms with Crippen LogP contribution in [0.2, 0.25) is 0 Å². The van der Waals surface area contributed by atoms with Gasteiger partial charge >= 0.3 is 0 Å². The highest BCUT2D eigenvalue weighted by atomic mass is 16.6. The van der Waals surface area contributed by atoms with E-state index in [9.17, 15) is 0 Å². The second-order valence-corrected chi connectivity index (χ2v) is 5.19. The van der Waals surface area contributed by atoms with Crippen molar-refractivity contribution in [2.75, 3.05) is 0 Å². The van der Waals surface area contributed by atoms with Crippen LogP contribution in [0.25, 0.3) is 0 Å². The molecule has 0 N–H and O–H groups in total. The molecule has 0 aromatic carbocycles. The van der Waals surface area contributed by atoms with E-state index < -0.39 is 0 Å². The first-order chi connectivity index (χ1) is 6.16. The second-order valence-electron chi connectivity index (χ2n) is 5.19. The Balaban J connectivity index is 1.73. The van der Waals surface area contributed by atoms with E-state index >= 15 is 0 Å². The number of oxime groups is 1. The highest BCUT2D eigenvalue weighted by Crippen LogP contribution is 2.37. The summed E-state index contributed by atoms with van der Waals surface area (Å²) in [5, 5.41) is 4.22. The van der Waals surface area contributed by atoms with Gasteiger partial charge in [0.2, 0.25) is 0 Å². The number of nitrogens with zero attached hydrogens (tertiary/aromatic N) is 1. The van der Waals surface area contributed by atoms with Gasteiger partial charge in [0.15, 0.2) is 0 Å². The van der Waals surface area contributed by atoms with Crippen LogP contribution in [0.15, 0.2) is 5.16 Å². The number of rotatable bonds is 2. The fraction of sp³-hybridized carbons (Fsp3) is 0.909. The van der Waals surface area contributed by atoms with Gasteiger partial charge < -0.3 is 4.84 Å². The number of hydrogen-bond donors (Lipinski definition) is 0. The lowest BCUT2D eigenvalue weighted by Gasteiger charge is -2.35. The third kappa shape index (κ3) is 2.23. The molecule has 2 heteroatoms. The first-order valence-electron chi connectivity index (χ1n) is 5.37. The molecule has 0 heterocycles. The summed E-state index contributed by atoms with van der Waals surface area (Å²) in [5.74, 6) is 0. The summed E-state index contributed by atoms with van der Waals surface area (Å²) in [5.41, 5.74) is 1.75. The van der Waals surface area contributed by atoms with Gasteiger partial charge in [0, 0.05) is 0 Å². The van der Waals surface area contributed by atoms with Crippen molar-refractivity contribution in [3.8, 4) is 0 Å². The van der Waals surface area contributed by atoms with Crippen LogP contribution in [-0.2, 0) is 4.84 Å². The molecule has 2 aliphatic rings. The lowest BCUT2D eigenvalue weighted by Crippen LogP contribution is -2.32. The van der Waals surface area contributed by atoms with Crippen molar-refractivity contribution in [1.29, 1.82) is 0 Å². The number of hydrogen-bond acceptors (Lipinski definition) is 2. The molecule has 2 nitrogen and oxygen atoms in total. The zero-order valence-electron chi connectivity index (χ0n) is 8.68. The molecule has 0 radical (unpaired) electrons. The Kier molecular flexibility index (Phi) is 2.31. The van der Waals surface area contributed by atoms with Gasteiger partial charge in [-0.05, 0) is 43.9 Å². The summed E-state index contributed by atoms with van der Waals surface area (Å²) in [6, 6.07) is 0. The van der Waals surface area contributed by atoms with Gasteiger partial charge in [-0.3, -0.25) is 0 Å². The van der Waals surface area contributed by atoms with Crippen molar-refractivity contribution in [3.05, 3.63) is 0 Å². The molecule has 0 spiro atoms. The summed E-state index contributed by atoms with van der Waals surface area (Å²) in [6.07, 6.45) is 7.73. The van der Waals surface area contributed by atoms with Crippen molar-refractivity contribution in [2.24, 2.45) is 10.6 Å². The molecule has 2 rings (SSSR count). The minimum Gasteiger partial charge on any atom is -0.393 e. The molecule has 0 aromatic rings. The molecular weight excluding hydrogens is 162 g/mol. The van der Waals surface area contributed by atoms with Crippen LogP contribution in [0.5, 0.6) is 0 Å². The monoisotopic (exact) mass is 181 g/mol. The van der Waals surface area contributed by atoms with Gasteiger partial charge in [-0.25, -0.2) is 0 Å². The molecule has 13 heavy (non-hydrogen) atoms. The van der Waals surface area contributed by atoms with E-state index in [1.807, 2.05) is 0 Å². The Morgan fingerprint density at radius 3 is 2.38 bits per heavy atom. The Morgan fingerprint density at radius 2 is 1.85 bits per heavy atom. The van der Waals surface area contributed by atoms with Crippen molar-refractivity contribution in [2.45, 2.75) is 58.5 Å². The maximum Gasteiger partial charge on any atom is 0.127 e. The highest BCUT2D eigenvalue weighted by molar-refractivity contribution is 5.90. The van der Waals surface area contributed by atoms with E-state index in [4.69, 9.17) is 4.84 Å². The predicted octanol–water partition coefficient (Wildman–Crippen LogP) is 3.12. The van der Waals surface area contributed by atoms with E-state index in [1.54, 1.807) is 0 Å². The summed E-state index contributed by atoms with van der Waals surface area (Å²) in [4.78, 5) is 5.49. The molecule has 0 aromatic heterocycles. The van der Waals surface area contributed by atoms with Crippen LogP contribution in [0.4, 0.5) is 0 Å². The fourth-order valence-corrected chi connectivity index (χ4v) is 2.26. The van der Waals surface area contributed by atoms with Gasteiger partial charge in [0.1, 0.15) is 6.10 Å².